The third kappa shape index (κ3) is 3.24. The van der Waals surface area contributed by atoms with Gasteiger partial charge in [-0.2, -0.15) is 5.06 Å². The first-order chi connectivity index (χ1) is 14.7. The summed E-state index contributed by atoms with van der Waals surface area (Å²) in [5.74, 6) is 0. The van der Waals surface area contributed by atoms with Gasteiger partial charge in [-0.05, 0) is 33.5 Å². The molecular formula is C26H25N3O. The molecule has 1 aromatic heterocycles. The number of nitrogens with zero attached hydrogens (tertiary/aromatic N) is 3. The van der Waals surface area contributed by atoms with Crippen LogP contribution in [0.25, 0.3) is 16.3 Å². The molecule has 3 aromatic carbocycles. The molecule has 0 N–H and O–H groups in total. The molecule has 1 saturated heterocycles. The Morgan fingerprint density at radius 1 is 1.07 bits per heavy atom. The van der Waals surface area contributed by atoms with Crippen molar-refractivity contribution in [3.05, 3.63) is 109 Å². The van der Waals surface area contributed by atoms with Gasteiger partial charge < -0.3 is 4.57 Å². The van der Waals surface area contributed by atoms with E-state index in [0.29, 0.717) is 0 Å². The van der Waals surface area contributed by atoms with Gasteiger partial charge in [0.05, 0.1) is 11.9 Å². The molecule has 4 heteroatoms. The first kappa shape index (κ1) is 18.8. The van der Waals surface area contributed by atoms with Crippen molar-refractivity contribution in [3.63, 3.8) is 0 Å². The lowest BCUT2D eigenvalue weighted by molar-refractivity contribution is -0.163. The Kier molecular flexibility index (Phi) is 4.74. The molecule has 4 aromatic rings. The lowest BCUT2D eigenvalue weighted by atomic mass is 9.82. The van der Waals surface area contributed by atoms with Crippen LogP contribution >= 0.6 is 0 Å². The van der Waals surface area contributed by atoms with Gasteiger partial charge in [0.25, 0.3) is 0 Å². The van der Waals surface area contributed by atoms with Crippen molar-refractivity contribution in [2.75, 3.05) is 7.05 Å². The van der Waals surface area contributed by atoms with Gasteiger partial charge in [0.15, 0.2) is 0 Å². The van der Waals surface area contributed by atoms with Crippen LogP contribution in [-0.2, 0) is 16.9 Å². The minimum absolute atomic E-state index is 0.0904. The molecule has 0 radical (unpaired) electrons. The van der Waals surface area contributed by atoms with Crippen LogP contribution < -0.4 is 0 Å². The fourth-order valence-electron chi connectivity index (χ4n) is 4.51. The van der Waals surface area contributed by atoms with Crippen LogP contribution in [0.1, 0.15) is 17.5 Å². The van der Waals surface area contributed by atoms with Crippen molar-refractivity contribution in [2.45, 2.75) is 24.6 Å². The van der Waals surface area contributed by atoms with Gasteiger partial charge in [0.1, 0.15) is 6.10 Å². The second-order valence-corrected chi connectivity index (χ2v) is 8.02. The molecule has 4 nitrogen and oxygen atoms in total. The summed E-state index contributed by atoms with van der Waals surface area (Å²) in [6.07, 6.45) is 6.43. The number of imidazole rings is 1. The Balaban J connectivity index is 1.57. The largest absolute Gasteiger partial charge is 0.335 e. The fourth-order valence-corrected chi connectivity index (χ4v) is 4.51. The van der Waals surface area contributed by atoms with Crippen LogP contribution in [0.2, 0.25) is 0 Å². The van der Waals surface area contributed by atoms with E-state index in [4.69, 9.17) is 4.84 Å². The maximum absolute atomic E-state index is 6.41. The summed E-state index contributed by atoms with van der Waals surface area (Å²) < 4.78 is 2.13. The summed E-state index contributed by atoms with van der Waals surface area (Å²) in [6.45, 7) is 5.13. The average Bonchev–Trinajstić information content (AvgIpc) is 3.42. The number of benzene rings is 3. The van der Waals surface area contributed by atoms with Crippen molar-refractivity contribution in [1.82, 2.24) is 14.6 Å². The van der Waals surface area contributed by atoms with Crippen molar-refractivity contribution in [1.29, 1.82) is 0 Å². The molecule has 0 bridgehead atoms. The minimum Gasteiger partial charge on any atom is -0.335 e. The highest BCUT2D eigenvalue weighted by molar-refractivity contribution is 5.83. The molecular weight excluding hydrogens is 370 g/mol. The third-order valence-electron chi connectivity index (χ3n) is 6.23. The molecule has 2 atom stereocenters. The van der Waals surface area contributed by atoms with E-state index < -0.39 is 0 Å². The smallest absolute Gasteiger partial charge is 0.107 e. The monoisotopic (exact) mass is 395 g/mol. The first-order valence-corrected chi connectivity index (χ1v) is 10.3. The Morgan fingerprint density at radius 3 is 2.60 bits per heavy atom. The average molecular weight is 396 g/mol. The minimum atomic E-state index is -0.326. The van der Waals surface area contributed by atoms with E-state index in [1.54, 1.807) is 0 Å². The zero-order chi connectivity index (χ0) is 20.6. The van der Waals surface area contributed by atoms with Crippen LogP contribution in [0.3, 0.4) is 0 Å². The van der Waals surface area contributed by atoms with E-state index in [0.717, 1.165) is 24.1 Å². The van der Waals surface area contributed by atoms with Crippen LogP contribution in [0.5, 0.6) is 0 Å². The molecule has 1 aliphatic rings. The summed E-state index contributed by atoms with van der Waals surface area (Å²) in [7, 11) is 2.03. The normalized spacial score (nSPS) is 21.8. The molecule has 150 valence electrons. The van der Waals surface area contributed by atoms with E-state index in [1.807, 2.05) is 49.0 Å². The Hall–Kier alpha value is -3.21. The predicted molar refractivity (Wildman–Crippen MR) is 121 cm³/mol. The van der Waals surface area contributed by atoms with Crippen LogP contribution in [0, 0.1) is 0 Å². The lowest BCUT2D eigenvalue weighted by Gasteiger charge is -2.35. The molecule has 30 heavy (non-hydrogen) atoms. The summed E-state index contributed by atoms with van der Waals surface area (Å²) in [4.78, 5) is 10.7. The maximum Gasteiger partial charge on any atom is 0.107 e. The van der Waals surface area contributed by atoms with Crippen LogP contribution in [0.4, 0.5) is 0 Å². The highest BCUT2D eigenvalue weighted by atomic mass is 16.7. The molecule has 0 amide bonds. The summed E-state index contributed by atoms with van der Waals surface area (Å²) >= 11 is 0. The van der Waals surface area contributed by atoms with Gasteiger partial charge in [-0.25, -0.2) is 4.98 Å². The fraction of sp³-hybridized carbons (Fsp3) is 0.192. The Bertz CT molecular complexity index is 1170. The maximum atomic E-state index is 6.41. The molecule has 1 aliphatic heterocycles. The standard InChI is InChI=1S/C26H25N3O/c1-20(21-8-4-3-5-9-21)25-17-26(28(2)30-25,18-29-15-14-27-19-29)24-13-12-22-10-6-7-11-23(22)16-24/h3-16,19,25H,1,17-18H2,2H3. The second-order valence-electron chi connectivity index (χ2n) is 8.02. The predicted octanol–water partition coefficient (Wildman–Crippen LogP) is 5.28. The quantitative estimate of drug-likeness (QED) is 0.460. The zero-order valence-electron chi connectivity index (χ0n) is 17.1. The molecule has 2 heterocycles. The van der Waals surface area contributed by atoms with E-state index in [9.17, 15) is 0 Å². The zero-order valence-corrected chi connectivity index (χ0v) is 17.1. The number of fused-ring (bicyclic) bond motifs is 1. The van der Waals surface area contributed by atoms with Crippen molar-refractivity contribution in [3.8, 4) is 0 Å². The second kappa shape index (κ2) is 7.56. The van der Waals surface area contributed by atoms with Gasteiger partial charge in [-0.1, -0.05) is 73.3 Å². The highest BCUT2D eigenvalue weighted by Gasteiger charge is 2.47. The highest BCUT2D eigenvalue weighted by Crippen LogP contribution is 2.45. The molecule has 0 aliphatic carbocycles. The molecule has 5 rings (SSSR count). The number of hydrogen-bond donors (Lipinski definition) is 0. The van der Waals surface area contributed by atoms with E-state index >= 15 is 0 Å². The summed E-state index contributed by atoms with van der Waals surface area (Å²) in [5.41, 5.74) is 3.04. The molecule has 0 spiro atoms. The van der Waals surface area contributed by atoms with Crippen LogP contribution in [0.15, 0.2) is 98.1 Å². The summed E-state index contributed by atoms with van der Waals surface area (Å²) in [6, 6.07) is 25.5. The SMILES string of the molecule is C=C(c1ccccc1)C1CC(Cn2ccnc2)(c2ccc3ccccc3c2)N(C)O1. The van der Waals surface area contributed by atoms with Gasteiger partial charge in [0, 0.05) is 32.4 Å². The number of hydrogen-bond acceptors (Lipinski definition) is 3. The number of likely N-dealkylation sites (N-methyl/N-ethyl adjacent to an activating group) is 1. The lowest BCUT2D eigenvalue weighted by Crippen LogP contribution is -2.41. The van der Waals surface area contributed by atoms with E-state index in [-0.39, 0.29) is 11.6 Å². The van der Waals surface area contributed by atoms with Crippen molar-refractivity contribution < 1.29 is 4.84 Å². The van der Waals surface area contributed by atoms with E-state index in [1.165, 1.54) is 16.3 Å². The van der Waals surface area contributed by atoms with Crippen LogP contribution in [-0.4, -0.2) is 27.8 Å². The number of aromatic nitrogens is 2. The van der Waals surface area contributed by atoms with Gasteiger partial charge >= 0.3 is 0 Å². The Labute approximate surface area is 177 Å². The number of hydroxylamine groups is 2. The molecule has 2 unspecified atom stereocenters. The van der Waals surface area contributed by atoms with Gasteiger partial charge in [0.2, 0.25) is 0 Å². The van der Waals surface area contributed by atoms with E-state index in [2.05, 4.69) is 70.7 Å². The molecule has 1 fully saturated rings. The Morgan fingerprint density at radius 2 is 1.83 bits per heavy atom. The summed E-state index contributed by atoms with van der Waals surface area (Å²) in [5, 5.41) is 4.50. The van der Waals surface area contributed by atoms with Crippen molar-refractivity contribution >= 4 is 16.3 Å². The van der Waals surface area contributed by atoms with Gasteiger partial charge in [-0.3, -0.25) is 4.84 Å². The first-order valence-electron chi connectivity index (χ1n) is 10.3. The molecule has 0 saturated carbocycles. The number of rotatable bonds is 5. The third-order valence-corrected chi connectivity index (χ3v) is 6.23. The topological polar surface area (TPSA) is 30.3 Å². The van der Waals surface area contributed by atoms with Gasteiger partial charge in [-0.15, -0.1) is 0 Å². The van der Waals surface area contributed by atoms with Crippen molar-refractivity contribution in [2.24, 2.45) is 0 Å².